The second-order valence-electron chi connectivity index (χ2n) is 8.43. The van der Waals surface area contributed by atoms with E-state index in [0.717, 1.165) is 25.7 Å². The third kappa shape index (κ3) is 5.86. The molecule has 1 atom stereocenters. The molecule has 35 heavy (non-hydrogen) atoms. The first-order chi connectivity index (χ1) is 16.9. The van der Waals surface area contributed by atoms with Crippen molar-refractivity contribution in [3.05, 3.63) is 76.4 Å². The summed E-state index contributed by atoms with van der Waals surface area (Å²) in [6.07, 6.45) is 5.30. The molecule has 1 aliphatic rings. The van der Waals surface area contributed by atoms with Crippen LogP contribution in [0.15, 0.2) is 64.6 Å². The van der Waals surface area contributed by atoms with Crippen molar-refractivity contribution in [2.45, 2.75) is 44.7 Å². The Morgan fingerprint density at radius 1 is 1.06 bits per heavy atom. The number of anilines is 1. The van der Waals surface area contributed by atoms with E-state index >= 15 is 0 Å². The van der Waals surface area contributed by atoms with E-state index in [0.29, 0.717) is 16.1 Å². The van der Waals surface area contributed by atoms with Gasteiger partial charge in [0.15, 0.2) is 11.5 Å². The zero-order valence-corrected chi connectivity index (χ0v) is 20.2. The standard InChI is InChI=1S/C26H27N3O5S/c1-17(30)18-10-12-20(13-11-18)29(23(31)16-27-25(32)21-8-4-14-34-21)24(22-9-5-15-35-22)26(33)28-19-6-2-3-7-19/h4-5,8-15,19,24H,2-3,6-7,16H2,1H3,(H,27,32)(H,28,33)/t24-/m0/s1. The van der Waals surface area contributed by atoms with Gasteiger partial charge in [0.05, 0.1) is 12.8 Å². The smallest absolute Gasteiger partial charge is 0.287 e. The van der Waals surface area contributed by atoms with Gasteiger partial charge in [-0.15, -0.1) is 11.3 Å². The van der Waals surface area contributed by atoms with Crippen LogP contribution in [0.2, 0.25) is 0 Å². The molecule has 0 unspecified atom stereocenters. The highest BCUT2D eigenvalue weighted by atomic mass is 32.1. The summed E-state index contributed by atoms with van der Waals surface area (Å²) in [6.45, 7) is 1.12. The van der Waals surface area contributed by atoms with E-state index < -0.39 is 17.9 Å². The summed E-state index contributed by atoms with van der Waals surface area (Å²) in [4.78, 5) is 53.3. The Balaban J connectivity index is 1.65. The van der Waals surface area contributed by atoms with Crippen LogP contribution in [0.1, 0.15) is 64.4 Å². The molecule has 0 spiro atoms. The molecular weight excluding hydrogens is 466 g/mol. The van der Waals surface area contributed by atoms with Crippen molar-refractivity contribution in [1.82, 2.24) is 10.6 Å². The Morgan fingerprint density at radius 2 is 1.80 bits per heavy atom. The Labute approximate surface area is 207 Å². The Morgan fingerprint density at radius 3 is 2.40 bits per heavy atom. The van der Waals surface area contributed by atoms with Gasteiger partial charge in [-0.2, -0.15) is 0 Å². The molecule has 8 nitrogen and oxygen atoms in total. The topological polar surface area (TPSA) is 109 Å². The monoisotopic (exact) mass is 493 g/mol. The Hall–Kier alpha value is -3.72. The zero-order valence-electron chi connectivity index (χ0n) is 19.4. The van der Waals surface area contributed by atoms with Crippen LogP contribution in [0.4, 0.5) is 5.69 Å². The van der Waals surface area contributed by atoms with Crippen molar-refractivity contribution in [2.24, 2.45) is 0 Å². The fourth-order valence-corrected chi connectivity index (χ4v) is 5.01. The van der Waals surface area contributed by atoms with Crippen molar-refractivity contribution in [3.63, 3.8) is 0 Å². The van der Waals surface area contributed by atoms with Crippen LogP contribution < -0.4 is 15.5 Å². The minimum atomic E-state index is -0.924. The van der Waals surface area contributed by atoms with Gasteiger partial charge in [-0.3, -0.25) is 24.1 Å². The summed E-state index contributed by atoms with van der Waals surface area (Å²) in [5.41, 5.74) is 0.947. The van der Waals surface area contributed by atoms with Gasteiger partial charge in [-0.05, 0) is 67.6 Å². The highest BCUT2D eigenvalue weighted by molar-refractivity contribution is 7.10. The Kier molecular flexibility index (Phi) is 7.77. The van der Waals surface area contributed by atoms with Gasteiger partial charge < -0.3 is 15.1 Å². The minimum Gasteiger partial charge on any atom is -0.459 e. The maximum Gasteiger partial charge on any atom is 0.287 e. The number of carbonyl (C=O) groups is 4. The fraction of sp³-hybridized carbons (Fsp3) is 0.308. The highest BCUT2D eigenvalue weighted by Crippen LogP contribution is 2.32. The van der Waals surface area contributed by atoms with Crippen molar-refractivity contribution in [1.29, 1.82) is 0 Å². The lowest BCUT2D eigenvalue weighted by Crippen LogP contribution is -2.49. The molecule has 1 fully saturated rings. The molecule has 182 valence electrons. The molecule has 1 aliphatic carbocycles. The molecule has 3 aromatic rings. The molecule has 4 rings (SSSR count). The van der Waals surface area contributed by atoms with Gasteiger partial charge >= 0.3 is 0 Å². The number of nitrogens with zero attached hydrogens (tertiary/aromatic N) is 1. The predicted molar refractivity (Wildman–Crippen MR) is 132 cm³/mol. The summed E-state index contributed by atoms with van der Waals surface area (Å²) >= 11 is 1.38. The molecule has 0 aliphatic heterocycles. The number of nitrogens with one attached hydrogen (secondary N) is 2. The normalized spacial score (nSPS) is 14.3. The van der Waals surface area contributed by atoms with E-state index in [1.807, 2.05) is 17.5 Å². The van der Waals surface area contributed by atoms with E-state index in [4.69, 9.17) is 4.42 Å². The number of hydrogen-bond acceptors (Lipinski definition) is 6. The summed E-state index contributed by atoms with van der Waals surface area (Å²) in [7, 11) is 0. The van der Waals surface area contributed by atoms with E-state index in [1.54, 1.807) is 30.3 Å². The molecule has 9 heteroatoms. The molecule has 3 amide bonds. The van der Waals surface area contributed by atoms with Crippen LogP contribution in [0.25, 0.3) is 0 Å². The van der Waals surface area contributed by atoms with Gasteiger partial charge in [-0.1, -0.05) is 18.9 Å². The Bertz CT molecular complexity index is 1170. The molecular formula is C26H27N3O5S. The third-order valence-electron chi connectivity index (χ3n) is 5.99. The molecule has 2 N–H and O–H groups in total. The summed E-state index contributed by atoms with van der Waals surface area (Å²) < 4.78 is 5.10. The fourth-order valence-electron chi connectivity index (χ4n) is 4.20. The number of carbonyl (C=O) groups excluding carboxylic acids is 4. The van der Waals surface area contributed by atoms with E-state index in [-0.39, 0.29) is 30.0 Å². The number of thiophene rings is 1. The molecule has 0 radical (unpaired) electrons. The molecule has 1 saturated carbocycles. The molecule has 2 aromatic heterocycles. The molecule has 2 heterocycles. The minimum absolute atomic E-state index is 0.0701. The van der Waals surface area contributed by atoms with E-state index in [2.05, 4.69) is 10.6 Å². The predicted octanol–water partition coefficient (Wildman–Crippen LogP) is 4.11. The maximum absolute atomic E-state index is 13.6. The lowest BCUT2D eigenvalue weighted by molar-refractivity contribution is -0.126. The third-order valence-corrected chi connectivity index (χ3v) is 6.91. The van der Waals surface area contributed by atoms with Crippen LogP contribution >= 0.6 is 11.3 Å². The van der Waals surface area contributed by atoms with Crippen LogP contribution in [0.3, 0.4) is 0 Å². The number of rotatable bonds is 9. The number of benzene rings is 1. The second-order valence-corrected chi connectivity index (χ2v) is 9.41. The highest BCUT2D eigenvalue weighted by Gasteiger charge is 2.35. The summed E-state index contributed by atoms with van der Waals surface area (Å²) in [6, 6.07) is 12.4. The van der Waals surface area contributed by atoms with Crippen LogP contribution in [0, 0.1) is 0 Å². The number of hydrogen-bond donors (Lipinski definition) is 2. The zero-order chi connectivity index (χ0) is 24.8. The number of amides is 3. The van der Waals surface area contributed by atoms with Crippen LogP contribution in [-0.2, 0) is 9.59 Å². The average Bonchev–Trinajstić information content (AvgIpc) is 3.64. The number of Topliss-reactive ketones (excluding diaryl/α,β-unsaturated/α-hetero) is 1. The first-order valence-corrected chi connectivity index (χ1v) is 12.4. The molecule has 1 aromatic carbocycles. The van der Waals surface area contributed by atoms with Crippen LogP contribution in [0.5, 0.6) is 0 Å². The van der Waals surface area contributed by atoms with Gasteiger partial charge in [-0.25, -0.2) is 0 Å². The second kappa shape index (κ2) is 11.1. The number of ketones is 1. The van der Waals surface area contributed by atoms with Crippen molar-refractivity contribution < 1.29 is 23.6 Å². The SMILES string of the molecule is CC(=O)c1ccc(N(C(=O)CNC(=O)c2ccco2)[C@H](C(=O)NC2CCCC2)c2cccs2)cc1. The van der Waals surface area contributed by atoms with E-state index in [1.165, 1.54) is 35.5 Å². The lowest BCUT2D eigenvalue weighted by Gasteiger charge is -2.31. The van der Waals surface area contributed by atoms with Gasteiger partial charge in [0.2, 0.25) is 11.8 Å². The summed E-state index contributed by atoms with van der Waals surface area (Å²) in [5.74, 6) is -1.29. The molecule has 0 bridgehead atoms. The largest absolute Gasteiger partial charge is 0.459 e. The van der Waals surface area contributed by atoms with E-state index in [9.17, 15) is 19.2 Å². The van der Waals surface area contributed by atoms with Crippen LogP contribution in [-0.4, -0.2) is 36.1 Å². The summed E-state index contributed by atoms with van der Waals surface area (Å²) in [5, 5.41) is 7.53. The lowest BCUT2D eigenvalue weighted by atomic mass is 10.1. The van der Waals surface area contributed by atoms with Gasteiger partial charge in [0.1, 0.15) is 6.04 Å². The first kappa shape index (κ1) is 24.4. The quantitative estimate of drug-likeness (QED) is 0.436. The van der Waals surface area contributed by atoms with Gasteiger partial charge in [0.25, 0.3) is 5.91 Å². The first-order valence-electron chi connectivity index (χ1n) is 11.5. The van der Waals surface area contributed by atoms with Crippen molar-refractivity contribution in [2.75, 3.05) is 11.4 Å². The molecule has 0 saturated heterocycles. The van der Waals surface area contributed by atoms with Gasteiger partial charge in [0, 0.05) is 22.2 Å². The van der Waals surface area contributed by atoms with Crippen molar-refractivity contribution in [3.8, 4) is 0 Å². The van der Waals surface area contributed by atoms with Crippen molar-refractivity contribution >= 4 is 40.5 Å². The number of furan rings is 1. The maximum atomic E-state index is 13.6. The average molecular weight is 494 g/mol.